The first-order valence-corrected chi connectivity index (χ1v) is 9.25. The number of sulfone groups is 1. The van der Waals surface area contributed by atoms with Gasteiger partial charge in [0, 0.05) is 5.39 Å². The molecule has 0 spiro atoms. The SMILES string of the molecule is NNc1nc(N)nc2ccc(S(=O)(=O)c3ccc4ccccc4c3)cc12. The van der Waals surface area contributed by atoms with Gasteiger partial charge in [-0.05, 0) is 41.1 Å². The summed E-state index contributed by atoms with van der Waals surface area (Å²) in [6.45, 7) is 0. The molecule has 0 saturated heterocycles. The van der Waals surface area contributed by atoms with Gasteiger partial charge in [0.05, 0.1) is 15.3 Å². The van der Waals surface area contributed by atoms with Crippen molar-refractivity contribution in [3.63, 3.8) is 0 Å². The van der Waals surface area contributed by atoms with Crippen molar-refractivity contribution in [1.29, 1.82) is 0 Å². The highest BCUT2D eigenvalue weighted by Gasteiger charge is 2.19. The Balaban J connectivity index is 1.90. The zero-order valence-electron chi connectivity index (χ0n) is 13.5. The normalized spacial score (nSPS) is 11.7. The van der Waals surface area contributed by atoms with E-state index in [0.717, 1.165) is 10.8 Å². The third-order valence-corrected chi connectivity index (χ3v) is 5.91. The van der Waals surface area contributed by atoms with Gasteiger partial charge in [-0.25, -0.2) is 19.2 Å². The quantitative estimate of drug-likeness (QED) is 0.376. The summed E-state index contributed by atoms with van der Waals surface area (Å²) in [5.41, 5.74) is 8.56. The zero-order chi connectivity index (χ0) is 18.3. The Morgan fingerprint density at radius 2 is 1.54 bits per heavy atom. The molecule has 0 bridgehead atoms. The number of hydrazine groups is 1. The molecule has 8 heteroatoms. The second kappa shape index (κ2) is 5.94. The van der Waals surface area contributed by atoms with E-state index in [0.29, 0.717) is 10.9 Å². The van der Waals surface area contributed by atoms with Crippen LogP contribution in [0.4, 0.5) is 11.8 Å². The van der Waals surface area contributed by atoms with Crippen LogP contribution in [0.5, 0.6) is 0 Å². The van der Waals surface area contributed by atoms with Crippen molar-refractivity contribution in [3.05, 3.63) is 60.7 Å². The molecular formula is C18H15N5O2S. The molecule has 4 aromatic rings. The van der Waals surface area contributed by atoms with E-state index in [1.807, 2.05) is 24.3 Å². The average molecular weight is 365 g/mol. The second-order valence-corrected chi connectivity index (χ2v) is 7.72. The maximum absolute atomic E-state index is 13.1. The molecule has 5 N–H and O–H groups in total. The number of hydrogen-bond donors (Lipinski definition) is 3. The molecule has 3 aromatic carbocycles. The Kier molecular flexibility index (Phi) is 3.71. The fourth-order valence-electron chi connectivity index (χ4n) is 2.87. The Morgan fingerprint density at radius 1 is 0.846 bits per heavy atom. The number of fused-ring (bicyclic) bond motifs is 2. The number of hydrogen-bond acceptors (Lipinski definition) is 7. The molecule has 7 nitrogen and oxygen atoms in total. The van der Waals surface area contributed by atoms with Crippen molar-refractivity contribution in [2.24, 2.45) is 5.84 Å². The molecule has 0 aliphatic heterocycles. The Bertz CT molecular complexity index is 1260. The zero-order valence-corrected chi connectivity index (χ0v) is 14.4. The van der Waals surface area contributed by atoms with Crippen molar-refractivity contribution >= 4 is 43.3 Å². The average Bonchev–Trinajstić information content (AvgIpc) is 2.66. The monoisotopic (exact) mass is 365 g/mol. The number of benzene rings is 3. The van der Waals surface area contributed by atoms with Crippen LogP contribution >= 0.6 is 0 Å². The van der Waals surface area contributed by atoms with Gasteiger partial charge in [0.2, 0.25) is 15.8 Å². The maximum Gasteiger partial charge on any atom is 0.222 e. The molecule has 130 valence electrons. The number of nitrogens with two attached hydrogens (primary N) is 2. The van der Waals surface area contributed by atoms with E-state index >= 15 is 0 Å². The standard InChI is InChI=1S/C18H15N5O2S/c19-18-21-16-8-7-14(10-15(16)17(22-18)23-20)26(24,25)13-6-5-11-3-1-2-4-12(11)9-13/h1-10H,20H2,(H3,19,21,22,23). The van der Waals surface area contributed by atoms with Crippen molar-refractivity contribution in [1.82, 2.24) is 9.97 Å². The van der Waals surface area contributed by atoms with Gasteiger partial charge in [0.25, 0.3) is 0 Å². The third kappa shape index (κ3) is 2.61. The first-order valence-electron chi connectivity index (χ1n) is 7.77. The van der Waals surface area contributed by atoms with Gasteiger partial charge in [-0.1, -0.05) is 30.3 Å². The lowest BCUT2D eigenvalue weighted by Crippen LogP contribution is -2.11. The van der Waals surface area contributed by atoms with Crippen LogP contribution in [0, 0.1) is 0 Å². The van der Waals surface area contributed by atoms with Gasteiger partial charge < -0.3 is 11.2 Å². The minimum Gasteiger partial charge on any atom is -0.368 e. The molecule has 0 aliphatic rings. The van der Waals surface area contributed by atoms with E-state index in [2.05, 4.69) is 15.4 Å². The van der Waals surface area contributed by atoms with Crippen LogP contribution in [0.1, 0.15) is 0 Å². The minimum absolute atomic E-state index is 0.0515. The summed E-state index contributed by atoms with van der Waals surface area (Å²) in [4.78, 5) is 8.44. The lowest BCUT2D eigenvalue weighted by molar-refractivity contribution is 0.596. The number of nitrogens with zero attached hydrogens (tertiary/aromatic N) is 2. The fraction of sp³-hybridized carbons (Fsp3) is 0. The van der Waals surface area contributed by atoms with Crippen molar-refractivity contribution in [2.75, 3.05) is 11.2 Å². The van der Waals surface area contributed by atoms with E-state index < -0.39 is 9.84 Å². The highest BCUT2D eigenvalue weighted by molar-refractivity contribution is 7.91. The van der Waals surface area contributed by atoms with Crippen molar-refractivity contribution in [3.8, 4) is 0 Å². The van der Waals surface area contributed by atoms with Gasteiger partial charge in [0.1, 0.15) is 0 Å². The second-order valence-electron chi connectivity index (χ2n) is 5.77. The number of nitrogens with one attached hydrogen (secondary N) is 1. The summed E-state index contributed by atoms with van der Waals surface area (Å²) in [7, 11) is -3.71. The van der Waals surface area contributed by atoms with Crippen LogP contribution in [0.25, 0.3) is 21.7 Å². The predicted octanol–water partition coefficient (Wildman–Crippen LogP) is 2.48. The van der Waals surface area contributed by atoms with E-state index in [-0.39, 0.29) is 21.6 Å². The Hall–Kier alpha value is -3.23. The highest BCUT2D eigenvalue weighted by atomic mass is 32.2. The van der Waals surface area contributed by atoms with E-state index in [1.165, 1.54) is 12.1 Å². The van der Waals surface area contributed by atoms with Gasteiger partial charge in [-0.15, -0.1) is 0 Å². The number of nitrogen functional groups attached to an aromatic ring is 2. The molecule has 0 fully saturated rings. The number of anilines is 2. The lowest BCUT2D eigenvalue weighted by atomic mass is 10.1. The summed E-state index contributed by atoms with van der Waals surface area (Å²) in [5.74, 6) is 5.79. The summed E-state index contributed by atoms with van der Waals surface area (Å²) < 4.78 is 26.1. The maximum atomic E-state index is 13.1. The smallest absolute Gasteiger partial charge is 0.222 e. The first kappa shape index (κ1) is 16.2. The van der Waals surface area contributed by atoms with E-state index in [1.54, 1.807) is 24.3 Å². The molecule has 0 radical (unpaired) electrons. The molecule has 1 aromatic heterocycles. The van der Waals surface area contributed by atoms with Crippen LogP contribution < -0.4 is 17.0 Å². The predicted molar refractivity (Wildman–Crippen MR) is 101 cm³/mol. The van der Waals surface area contributed by atoms with Gasteiger partial charge in [0.15, 0.2) is 5.82 Å². The van der Waals surface area contributed by atoms with Gasteiger partial charge >= 0.3 is 0 Å². The molecule has 4 rings (SSSR count). The van der Waals surface area contributed by atoms with Crippen LogP contribution in [0.2, 0.25) is 0 Å². The molecule has 1 heterocycles. The van der Waals surface area contributed by atoms with E-state index in [4.69, 9.17) is 11.6 Å². The van der Waals surface area contributed by atoms with Crippen LogP contribution in [-0.2, 0) is 9.84 Å². The molecule has 0 saturated carbocycles. The van der Waals surface area contributed by atoms with Gasteiger partial charge in [-0.2, -0.15) is 4.98 Å². The van der Waals surface area contributed by atoms with Gasteiger partial charge in [-0.3, -0.25) is 0 Å². The molecule has 0 unspecified atom stereocenters. The summed E-state index contributed by atoms with van der Waals surface area (Å²) in [6.07, 6.45) is 0. The first-order chi connectivity index (χ1) is 12.5. The van der Waals surface area contributed by atoms with Crippen molar-refractivity contribution < 1.29 is 8.42 Å². The molecule has 26 heavy (non-hydrogen) atoms. The summed E-state index contributed by atoms with van der Waals surface area (Å²) in [6, 6.07) is 17.2. The number of rotatable bonds is 3. The van der Waals surface area contributed by atoms with E-state index in [9.17, 15) is 8.42 Å². The van der Waals surface area contributed by atoms with Crippen LogP contribution in [0.3, 0.4) is 0 Å². The largest absolute Gasteiger partial charge is 0.368 e. The molecule has 0 atom stereocenters. The molecule has 0 aliphatic carbocycles. The fourth-order valence-corrected chi connectivity index (χ4v) is 4.20. The Labute approximate surface area is 149 Å². The molecule has 0 amide bonds. The third-order valence-electron chi connectivity index (χ3n) is 4.16. The molecular weight excluding hydrogens is 350 g/mol. The summed E-state index contributed by atoms with van der Waals surface area (Å²) >= 11 is 0. The Morgan fingerprint density at radius 3 is 2.31 bits per heavy atom. The topological polar surface area (TPSA) is 124 Å². The van der Waals surface area contributed by atoms with Crippen molar-refractivity contribution in [2.45, 2.75) is 9.79 Å². The van der Waals surface area contributed by atoms with Crippen LogP contribution in [-0.4, -0.2) is 18.4 Å². The lowest BCUT2D eigenvalue weighted by Gasteiger charge is -2.09. The highest BCUT2D eigenvalue weighted by Crippen LogP contribution is 2.29. The number of aromatic nitrogens is 2. The summed E-state index contributed by atoms with van der Waals surface area (Å²) in [5, 5.41) is 2.31. The van der Waals surface area contributed by atoms with Crippen LogP contribution in [0.15, 0.2) is 70.5 Å². The minimum atomic E-state index is -3.71.